The van der Waals surface area contributed by atoms with E-state index in [4.69, 9.17) is 16.0 Å². The third-order valence-electron chi connectivity index (χ3n) is 7.11. The molecule has 1 aliphatic carbocycles. The molecular weight excluding hydrogens is 540 g/mol. The molecule has 3 N–H and O–H groups in total. The van der Waals surface area contributed by atoms with E-state index < -0.39 is 42.2 Å². The van der Waals surface area contributed by atoms with E-state index in [0.29, 0.717) is 49.2 Å². The van der Waals surface area contributed by atoms with Crippen molar-refractivity contribution in [3.05, 3.63) is 63.7 Å². The summed E-state index contributed by atoms with van der Waals surface area (Å²) in [5.41, 5.74) is 13.7. The number of carbonyl (C=O) groups excluding carboxylic acids is 1. The maximum atomic E-state index is 13.5. The van der Waals surface area contributed by atoms with Gasteiger partial charge in [-0.15, -0.1) is 5.53 Å². The Hall–Kier alpha value is -3.64. The summed E-state index contributed by atoms with van der Waals surface area (Å²) in [7, 11) is 0. The van der Waals surface area contributed by atoms with Crippen LogP contribution >= 0.6 is 0 Å². The van der Waals surface area contributed by atoms with Crippen molar-refractivity contribution in [1.82, 2.24) is 0 Å². The number of fused-ring (bicyclic) bond motifs is 3. The second-order valence-electron chi connectivity index (χ2n) is 10.2. The molecule has 2 aromatic carbocycles. The Kier molecular flexibility index (Phi) is 8.13. The van der Waals surface area contributed by atoms with Gasteiger partial charge in [-0.25, -0.2) is 9.37 Å². The Morgan fingerprint density at radius 2 is 1.75 bits per heavy atom. The third-order valence-corrected chi connectivity index (χ3v) is 7.11. The number of nitrogens with zero attached hydrogens (tertiary/aromatic N) is 3. The summed E-state index contributed by atoms with van der Waals surface area (Å²) >= 11 is 0. The Morgan fingerprint density at radius 1 is 1.10 bits per heavy atom. The topological polar surface area (TPSA) is 94.8 Å². The maximum absolute atomic E-state index is 13.5. The van der Waals surface area contributed by atoms with E-state index in [0.717, 1.165) is 24.0 Å². The highest BCUT2D eigenvalue weighted by molar-refractivity contribution is 5.91. The zero-order valence-electron chi connectivity index (χ0n) is 22.0. The SMILES string of the molecule is CC(C)OC(=O)N1CCC[C@H]([N+](Cc2cc(C(F)(F)F)cc(C(F)(F)F)c2)=C(N)N=N)c2ccc3c(c21)CCC3. The smallest absolute Gasteiger partial charge is 0.416 e. The normalized spacial score (nSPS) is 18.1. The van der Waals surface area contributed by atoms with Gasteiger partial charge in [-0.1, -0.05) is 12.1 Å². The standard InChI is InChI=1S/C27H29F6N5O2/c1-15(2)40-25(39)37-10-4-7-22(21-9-8-17-5-3-6-20(17)23(21)37)38(24(34)36-35)14-16-11-18(26(28,29)30)13-19(12-16)27(31,32)33/h8-9,11-13,15,22,34-35H,3-7,10,14H2,1-2H3/p+1/t22-/m0/s1. The van der Waals surface area contributed by atoms with E-state index in [2.05, 4.69) is 5.11 Å². The number of benzene rings is 2. The Morgan fingerprint density at radius 3 is 2.33 bits per heavy atom. The molecule has 0 fully saturated rings. The Balaban J connectivity index is 1.86. The first-order chi connectivity index (χ1) is 18.7. The van der Waals surface area contributed by atoms with E-state index in [1.54, 1.807) is 18.7 Å². The zero-order chi connectivity index (χ0) is 29.4. The monoisotopic (exact) mass is 570 g/mol. The van der Waals surface area contributed by atoms with Gasteiger partial charge in [0, 0.05) is 17.2 Å². The molecule has 40 heavy (non-hydrogen) atoms. The molecule has 0 bridgehead atoms. The van der Waals surface area contributed by atoms with Crippen molar-refractivity contribution in [3.8, 4) is 0 Å². The second kappa shape index (κ2) is 11.1. The number of aryl methyl sites for hydroxylation is 1. The molecule has 0 unspecified atom stereocenters. The number of amides is 1. The summed E-state index contributed by atoms with van der Waals surface area (Å²) in [4.78, 5) is 14.7. The first kappa shape index (κ1) is 29.3. The molecule has 0 saturated carbocycles. The Bertz CT molecular complexity index is 1300. The van der Waals surface area contributed by atoms with Crippen LogP contribution in [0.15, 0.2) is 35.4 Å². The molecule has 0 radical (unpaired) electrons. The van der Waals surface area contributed by atoms with Gasteiger partial charge in [0.1, 0.15) is 6.04 Å². The molecule has 0 saturated heterocycles. The molecular formula is C27H30F6N5O2+. The number of guanidine groups is 1. The average molecular weight is 571 g/mol. The summed E-state index contributed by atoms with van der Waals surface area (Å²) < 4.78 is 88.0. The molecule has 2 aromatic rings. The predicted molar refractivity (Wildman–Crippen MR) is 134 cm³/mol. The van der Waals surface area contributed by atoms with Crippen LogP contribution in [0.1, 0.15) is 72.5 Å². The van der Waals surface area contributed by atoms with Crippen molar-refractivity contribution in [2.24, 2.45) is 10.8 Å². The minimum atomic E-state index is -5.01. The fourth-order valence-corrected chi connectivity index (χ4v) is 5.46. The number of carbonyl (C=O) groups is 1. The fourth-order valence-electron chi connectivity index (χ4n) is 5.46. The third kappa shape index (κ3) is 6.07. The highest BCUT2D eigenvalue weighted by Crippen LogP contribution is 2.43. The van der Waals surface area contributed by atoms with Crippen molar-refractivity contribution in [2.45, 2.75) is 77.0 Å². The van der Waals surface area contributed by atoms with Crippen molar-refractivity contribution in [1.29, 1.82) is 5.53 Å². The van der Waals surface area contributed by atoms with Crippen molar-refractivity contribution in [2.75, 3.05) is 11.4 Å². The summed E-state index contributed by atoms with van der Waals surface area (Å²) in [5, 5.41) is 3.29. The van der Waals surface area contributed by atoms with Gasteiger partial charge in [0.15, 0.2) is 0 Å². The number of ether oxygens (including phenoxy) is 1. The number of nitrogens with one attached hydrogen (secondary N) is 1. The van der Waals surface area contributed by atoms with Crippen LogP contribution in [-0.4, -0.2) is 29.3 Å². The molecule has 0 aromatic heterocycles. The van der Waals surface area contributed by atoms with Gasteiger partial charge >= 0.3 is 24.4 Å². The van der Waals surface area contributed by atoms with Gasteiger partial charge in [0.05, 0.1) is 29.5 Å². The van der Waals surface area contributed by atoms with Gasteiger partial charge in [-0.3, -0.25) is 10.6 Å². The lowest BCUT2D eigenvalue weighted by Crippen LogP contribution is -2.35. The molecule has 1 amide bonds. The van der Waals surface area contributed by atoms with Gasteiger partial charge in [-0.05, 0) is 80.8 Å². The number of anilines is 1. The van der Waals surface area contributed by atoms with Gasteiger partial charge in [0.2, 0.25) is 0 Å². The molecule has 7 nitrogen and oxygen atoms in total. The van der Waals surface area contributed by atoms with Crippen LogP contribution in [0.4, 0.5) is 36.8 Å². The van der Waals surface area contributed by atoms with Crippen LogP contribution in [0.3, 0.4) is 0 Å². The number of nitrogens with two attached hydrogens (primary N) is 1. The summed E-state index contributed by atoms with van der Waals surface area (Å²) in [6.07, 6.45) is -7.79. The van der Waals surface area contributed by atoms with Crippen LogP contribution in [0.25, 0.3) is 0 Å². The lowest BCUT2D eigenvalue weighted by Gasteiger charge is -2.28. The lowest BCUT2D eigenvalue weighted by molar-refractivity contribution is -0.590. The zero-order valence-corrected chi connectivity index (χ0v) is 22.0. The van der Waals surface area contributed by atoms with E-state index in [1.807, 2.05) is 12.1 Å². The fraction of sp³-hybridized carbons (Fsp3) is 0.481. The van der Waals surface area contributed by atoms with E-state index in [-0.39, 0.29) is 23.7 Å². The lowest BCUT2D eigenvalue weighted by atomic mass is 9.95. The van der Waals surface area contributed by atoms with Crippen molar-refractivity contribution < 1.29 is 40.4 Å². The highest BCUT2D eigenvalue weighted by Gasteiger charge is 2.39. The Labute approximate surface area is 227 Å². The minimum absolute atomic E-state index is 0.0677. The largest absolute Gasteiger partial charge is 0.446 e. The molecule has 1 atom stereocenters. The van der Waals surface area contributed by atoms with E-state index in [1.165, 1.54) is 4.58 Å². The first-order valence-electron chi connectivity index (χ1n) is 12.9. The molecule has 2 aliphatic rings. The van der Waals surface area contributed by atoms with Crippen LogP contribution in [0.5, 0.6) is 0 Å². The molecule has 1 heterocycles. The highest BCUT2D eigenvalue weighted by atomic mass is 19.4. The van der Waals surface area contributed by atoms with Crippen LogP contribution in [-0.2, 0) is 36.5 Å². The van der Waals surface area contributed by atoms with Crippen LogP contribution < -0.4 is 10.6 Å². The number of rotatable bonds is 4. The predicted octanol–water partition coefficient (Wildman–Crippen LogP) is 6.96. The van der Waals surface area contributed by atoms with E-state index >= 15 is 0 Å². The second-order valence-corrected chi connectivity index (χ2v) is 10.2. The van der Waals surface area contributed by atoms with Gasteiger partial charge < -0.3 is 4.74 Å². The van der Waals surface area contributed by atoms with Crippen molar-refractivity contribution >= 4 is 17.7 Å². The van der Waals surface area contributed by atoms with Gasteiger partial charge in [0.25, 0.3) is 0 Å². The number of hydrogen-bond acceptors (Lipinski definition) is 3. The molecule has 4 rings (SSSR count). The summed E-state index contributed by atoms with van der Waals surface area (Å²) in [5.74, 6) is -0.374. The van der Waals surface area contributed by atoms with Crippen LogP contribution in [0, 0.1) is 5.53 Å². The number of hydrogen-bond donors (Lipinski definition) is 2. The molecule has 1 aliphatic heterocycles. The average Bonchev–Trinajstić information content (AvgIpc) is 3.26. The summed E-state index contributed by atoms with van der Waals surface area (Å²) in [6, 6.07) is 4.40. The summed E-state index contributed by atoms with van der Waals surface area (Å²) in [6.45, 7) is 3.27. The van der Waals surface area contributed by atoms with Crippen LogP contribution in [0.2, 0.25) is 0 Å². The first-order valence-corrected chi connectivity index (χ1v) is 12.9. The number of halogens is 6. The van der Waals surface area contributed by atoms with E-state index in [9.17, 15) is 31.1 Å². The molecule has 216 valence electrons. The van der Waals surface area contributed by atoms with Gasteiger partial charge in [-0.2, -0.15) is 26.3 Å². The number of alkyl halides is 6. The maximum Gasteiger partial charge on any atom is 0.416 e. The molecule has 0 spiro atoms. The molecule has 13 heteroatoms. The minimum Gasteiger partial charge on any atom is -0.446 e. The quantitative estimate of drug-likeness (QED) is 0.137. The van der Waals surface area contributed by atoms with Crippen molar-refractivity contribution in [3.63, 3.8) is 0 Å².